The molecule has 4 rings (SSSR count). The van der Waals surface area contributed by atoms with Crippen LogP contribution in [0.15, 0.2) is 48.7 Å². The molecule has 0 saturated heterocycles. The summed E-state index contributed by atoms with van der Waals surface area (Å²) in [4.78, 5) is 4.58. The largest absolute Gasteiger partial charge is 0.508 e. The summed E-state index contributed by atoms with van der Waals surface area (Å²) in [6.07, 6.45) is 1.84. The van der Waals surface area contributed by atoms with E-state index in [4.69, 9.17) is 0 Å². The highest BCUT2D eigenvalue weighted by Crippen LogP contribution is 2.33. The standard InChI is InChI=1S/C21H18N2O/c1-21(2,3)14-10-11-22-20(12-14)23-18-7-5-4-6-16(18)17-9-8-15(24)13-19(17)23/h5,7-13,24H,1-3H3. The molecule has 0 aliphatic heterocycles. The maximum atomic E-state index is 9.96. The first-order chi connectivity index (χ1) is 11.4. The van der Waals surface area contributed by atoms with Crippen LogP contribution in [0, 0.1) is 12.1 Å². The molecule has 0 unspecified atom stereocenters. The topological polar surface area (TPSA) is 38.0 Å². The number of hydrogen-bond acceptors (Lipinski definition) is 2. The monoisotopic (exact) mass is 314 g/mol. The normalized spacial score (nSPS) is 11.8. The first-order valence-corrected chi connectivity index (χ1v) is 7.97. The Balaban J connectivity index is 2.10. The highest BCUT2D eigenvalue weighted by molar-refractivity contribution is 6.08. The first-order valence-electron chi connectivity index (χ1n) is 7.97. The minimum absolute atomic E-state index is 0.0402. The molecule has 0 aliphatic rings. The number of hydrogen-bond donors (Lipinski definition) is 1. The molecule has 0 amide bonds. The molecule has 3 heteroatoms. The van der Waals surface area contributed by atoms with E-state index in [-0.39, 0.29) is 11.2 Å². The summed E-state index contributed by atoms with van der Waals surface area (Å²) in [7, 11) is 0. The molecule has 1 N–H and O–H groups in total. The summed E-state index contributed by atoms with van der Waals surface area (Å²) in [6.45, 7) is 6.56. The second-order valence-corrected chi connectivity index (χ2v) is 7.05. The molecule has 2 aromatic heterocycles. The number of benzene rings is 1. The van der Waals surface area contributed by atoms with Gasteiger partial charge < -0.3 is 5.11 Å². The van der Waals surface area contributed by atoms with Crippen LogP contribution in [-0.4, -0.2) is 14.7 Å². The molecule has 118 valence electrons. The number of fused-ring (bicyclic) bond motifs is 3. The lowest BCUT2D eigenvalue weighted by Gasteiger charge is -2.19. The van der Waals surface area contributed by atoms with Crippen LogP contribution in [0.5, 0.6) is 5.75 Å². The van der Waals surface area contributed by atoms with Gasteiger partial charge in [0.2, 0.25) is 0 Å². The molecule has 24 heavy (non-hydrogen) atoms. The Labute approximate surface area is 141 Å². The van der Waals surface area contributed by atoms with E-state index < -0.39 is 0 Å². The van der Waals surface area contributed by atoms with E-state index in [0.29, 0.717) is 0 Å². The predicted molar refractivity (Wildman–Crippen MR) is 96.6 cm³/mol. The predicted octanol–water partition coefficient (Wildman–Crippen LogP) is 4.78. The molecule has 2 heterocycles. The quantitative estimate of drug-likeness (QED) is 0.549. The van der Waals surface area contributed by atoms with Crippen LogP contribution in [0.25, 0.3) is 27.6 Å². The zero-order valence-electron chi connectivity index (χ0n) is 14.0. The van der Waals surface area contributed by atoms with Gasteiger partial charge in [0.1, 0.15) is 11.6 Å². The van der Waals surface area contributed by atoms with E-state index >= 15 is 0 Å². The fourth-order valence-corrected chi connectivity index (χ4v) is 3.07. The molecular weight excluding hydrogens is 296 g/mol. The van der Waals surface area contributed by atoms with Gasteiger partial charge >= 0.3 is 0 Å². The van der Waals surface area contributed by atoms with Crippen LogP contribution < -0.4 is 0 Å². The highest BCUT2D eigenvalue weighted by atomic mass is 16.3. The molecule has 0 radical (unpaired) electrons. The second kappa shape index (κ2) is 5.01. The Morgan fingerprint density at radius 2 is 1.88 bits per heavy atom. The number of pyridine rings is 1. The number of nitrogens with zero attached hydrogens (tertiary/aromatic N) is 2. The summed E-state index contributed by atoms with van der Waals surface area (Å²) >= 11 is 0. The number of phenolic OH excluding ortho intramolecular Hbond substituents is 1. The Bertz CT molecular complexity index is 1050. The zero-order valence-corrected chi connectivity index (χ0v) is 14.0. The second-order valence-electron chi connectivity index (χ2n) is 7.05. The van der Waals surface area contributed by atoms with Gasteiger partial charge in [0, 0.05) is 17.6 Å². The van der Waals surface area contributed by atoms with Crippen molar-refractivity contribution in [1.29, 1.82) is 0 Å². The van der Waals surface area contributed by atoms with Gasteiger partial charge in [-0.05, 0) is 47.4 Å². The van der Waals surface area contributed by atoms with Crippen molar-refractivity contribution in [1.82, 2.24) is 9.55 Å². The van der Waals surface area contributed by atoms with Gasteiger partial charge in [0.25, 0.3) is 0 Å². The van der Waals surface area contributed by atoms with E-state index in [1.807, 2.05) is 24.4 Å². The third-order valence-corrected chi connectivity index (χ3v) is 4.35. The molecule has 3 nitrogen and oxygen atoms in total. The van der Waals surface area contributed by atoms with E-state index in [1.54, 1.807) is 12.1 Å². The summed E-state index contributed by atoms with van der Waals surface area (Å²) in [5.41, 5.74) is 3.18. The van der Waals surface area contributed by atoms with Gasteiger partial charge in [-0.25, -0.2) is 4.98 Å². The maximum absolute atomic E-state index is 9.96. The molecular formula is C21H18N2O. The molecule has 2 aromatic carbocycles. The van der Waals surface area contributed by atoms with Gasteiger partial charge in [-0.3, -0.25) is 4.57 Å². The highest BCUT2D eigenvalue weighted by Gasteiger charge is 2.17. The molecule has 0 saturated carbocycles. The van der Waals surface area contributed by atoms with Crippen LogP contribution in [0.3, 0.4) is 0 Å². The number of aromatic nitrogens is 2. The Morgan fingerprint density at radius 1 is 1.04 bits per heavy atom. The minimum Gasteiger partial charge on any atom is -0.508 e. The fraction of sp³-hybridized carbons (Fsp3) is 0.190. The van der Waals surface area contributed by atoms with Crippen molar-refractivity contribution >= 4 is 21.8 Å². The average molecular weight is 314 g/mol. The van der Waals surface area contributed by atoms with Crippen LogP contribution in [-0.2, 0) is 5.41 Å². The number of aromatic hydroxyl groups is 1. The molecule has 0 spiro atoms. The zero-order chi connectivity index (χ0) is 16.9. The SMILES string of the molecule is CC(C)(C)c1ccnc(-n2c3ccc#cc3c3ccc(O)cc32)c1. The van der Waals surface area contributed by atoms with Crippen LogP contribution in [0.2, 0.25) is 0 Å². The first kappa shape index (κ1) is 14.6. The Kier molecular flexibility index (Phi) is 3.04. The molecule has 0 atom stereocenters. The van der Waals surface area contributed by atoms with E-state index in [9.17, 15) is 5.11 Å². The fourth-order valence-electron chi connectivity index (χ4n) is 3.07. The van der Waals surface area contributed by atoms with Crippen molar-refractivity contribution in [3.63, 3.8) is 0 Å². The van der Waals surface area contributed by atoms with Crippen molar-refractivity contribution in [3.05, 3.63) is 66.4 Å². The van der Waals surface area contributed by atoms with E-state index in [0.717, 1.165) is 27.6 Å². The van der Waals surface area contributed by atoms with Gasteiger partial charge in [-0.2, -0.15) is 0 Å². The van der Waals surface area contributed by atoms with Crippen LogP contribution >= 0.6 is 0 Å². The summed E-state index contributed by atoms with van der Waals surface area (Å²) < 4.78 is 2.07. The van der Waals surface area contributed by atoms with Crippen LogP contribution in [0.1, 0.15) is 26.3 Å². The summed E-state index contributed by atoms with van der Waals surface area (Å²) in [5.74, 6) is 1.08. The molecule has 0 aliphatic carbocycles. The van der Waals surface area contributed by atoms with Crippen LogP contribution in [0.4, 0.5) is 0 Å². The summed E-state index contributed by atoms with van der Waals surface area (Å²) in [6, 6.07) is 19.6. The Hall–Kier alpha value is -2.99. The van der Waals surface area contributed by atoms with Gasteiger partial charge in [0.05, 0.1) is 16.4 Å². The molecule has 0 bridgehead atoms. The van der Waals surface area contributed by atoms with Crippen molar-refractivity contribution in [2.24, 2.45) is 0 Å². The molecule has 0 fully saturated rings. The molecule has 4 aromatic rings. The lowest BCUT2D eigenvalue weighted by Crippen LogP contribution is -2.12. The maximum Gasteiger partial charge on any atom is 0.137 e. The van der Waals surface area contributed by atoms with E-state index in [1.165, 1.54) is 5.56 Å². The lowest BCUT2D eigenvalue weighted by atomic mass is 9.88. The van der Waals surface area contributed by atoms with Crippen molar-refractivity contribution in [2.75, 3.05) is 0 Å². The third-order valence-electron chi connectivity index (χ3n) is 4.35. The lowest BCUT2D eigenvalue weighted by molar-refractivity contribution is 0.476. The van der Waals surface area contributed by atoms with Crippen molar-refractivity contribution in [2.45, 2.75) is 26.2 Å². The number of phenols is 1. The summed E-state index contributed by atoms with van der Waals surface area (Å²) in [5, 5.41) is 12.0. The van der Waals surface area contributed by atoms with Gasteiger partial charge in [-0.15, -0.1) is 0 Å². The average Bonchev–Trinajstić information content (AvgIpc) is 2.87. The third kappa shape index (κ3) is 2.19. The number of rotatable bonds is 1. The Morgan fingerprint density at radius 3 is 2.67 bits per heavy atom. The van der Waals surface area contributed by atoms with Crippen molar-refractivity contribution in [3.8, 4) is 11.6 Å². The minimum atomic E-state index is 0.0402. The smallest absolute Gasteiger partial charge is 0.137 e. The van der Waals surface area contributed by atoms with E-state index in [2.05, 4.69) is 54.6 Å². The van der Waals surface area contributed by atoms with Gasteiger partial charge in [-0.1, -0.05) is 32.9 Å². The van der Waals surface area contributed by atoms with Crippen molar-refractivity contribution < 1.29 is 5.11 Å². The van der Waals surface area contributed by atoms with Gasteiger partial charge in [0.15, 0.2) is 0 Å².